The molecule has 0 aliphatic carbocycles. The second-order valence-corrected chi connectivity index (χ2v) is 7.61. The molecule has 0 spiro atoms. The third-order valence-corrected chi connectivity index (χ3v) is 5.87. The van der Waals surface area contributed by atoms with E-state index in [9.17, 15) is 4.79 Å². The summed E-state index contributed by atoms with van der Waals surface area (Å²) >= 11 is 9.33. The summed E-state index contributed by atoms with van der Waals surface area (Å²) in [7, 11) is 1.93. The van der Waals surface area contributed by atoms with Gasteiger partial charge < -0.3 is 4.57 Å². The summed E-state index contributed by atoms with van der Waals surface area (Å²) in [5, 5.41) is 11.9. The van der Waals surface area contributed by atoms with E-state index in [-0.39, 0.29) is 5.78 Å². The summed E-state index contributed by atoms with van der Waals surface area (Å²) in [6, 6.07) is 11.4. The summed E-state index contributed by atoms with van der Waals surface area (Å²) < 4.78 is 1.94. The minimum absolute atomic E-state index is 0.209. The van der Waals surface area contributed by atoms with Crippen LogP contribution in [0.1, 0.15) is 22.5 Å². The molecule has 0 N–H and O–H groups in total. The van der Waals surface area contributed by atoms with Gasteiger partial charge in [-0.05, 0) is 30.0 Å². The Morgan fingerprint density at radius 2 is 2.08 bits per heavy atom. The van der Waals surface area contributed by atoms with Crippen molar-refractivity contribution < 1.29 is 4.79 Å². The van der Waals surface area contributed by atoms with E-state index in [1.165, 1.54) is 11.3 Å². The maximum absolute atomic E-state index is 12.0. The van der Waals surface area contributed by atoms with Crippen LogP contribution in [0.2, 0.25) is 5.02 Å². The Bertz CT molecular complexity index is 830. The first-order chi connectivity index (χ1) is 11.7. The van der Waals surface area contributed by atoms with E-state index in [2.05, 4.69) is 10.2 Å². The molecule has 4 nitrogen and oxygen atoms in total. The summed E-state index contributed by atoms with van der Waals surface area (Å²) in [5.41, 5.74) is 0.869. The largest absolute Gasteiger partial charge is 0.305 e. The van der Waals surface area contributed by atoms with Crippen molar-refractivity contribution in [2.75, 3.05) is 5.75 Å². The van der Waals surface area contributed by atoms with Crippen LogP contribution < -0.4 is 0 Å². The lowest BCUT2D eigenvalue weighted by molar-refractivity contribution is 0.0986. The van der Waals surface area contributed by atoms with E-state index in [4.69, 9.17) is 11.6 Å². The Hall–Kier alpha value is -1.63. The van der Waals surface area contributed by atoms with Gasteiger partial charge >= 0.3 is 0 Å². The number of carbonyl (C=O) groups excluding carboxylic acids is 1. The molecule has 7 heteroatoms. The zero-order valence-corrected chi connectivity index (χ0v) is 15.5. The molecule has 3 rings (SSSR count). The lowest BCUT2D eigenvalue weighted by Crippen LogP contribution is -1.98. The number of hydrogen-bond donors (Lipinski definition) is 0. The van der Waals surface area contributed by atoms with Crippen LogP contribution in [0.25, 0.3) is 11.4 Å². The molecule has 3 aromatic rings. The number of nitrogens with zero attached hydrogens (tertiary/aromatic N) is 3. The highest BCUT2D eigenvalue weighted by Crippen LogP contribution is 2.28. The molecule has 0 radical (unpaired) electrons. The average Bonchev–Trinajstić information content (AvgIpc) is 3.23. The molecule has 0 aliphatic heterocycles. The minimum atomic E-state index is 0.209. The van der Waals surface area contributed by atoms with Crippen LogP contribution in [0, 0.1) is 0 Å². The predicted molar refractivity (Wildman–Crippen MR) is 100 cm³/mol. The van der Waals surface area contributed by atoms with Crippen LogP contribution in [-0.4, -0.2) is 26.3 Å². The zero-order chi connectivity index (χ0) is 16.9. The average molecular weight is 378 g/mol. The van der Waals surface area contributed by atoms with E-state index >= 15 is 0 Å². The van der Waals surface area contributed by atoms with Crippen LogP contribution in [-0.2, 0) is 7.05 Å². The van der Waals surface area contributed by atoms with Gasteiger partial charge in [-0.3, -0.25) is 4.79 Å². The fourth-order valence-corrected chi connectivity index (χ4v) is 4.04. The van der Waals surface area contributed by atoms with Gasteiger partial charge in [-0.2, -0.15) is 0 Å². The Balaban J connectivity index is 1.57. The molecule has 2 heterocycles. The SMILES string of the molecule is Cn1c(SCCCC(=O)c2cccs2)nnc1-c1ccccc1Cl. The molecule has 0 saturated heterocycles. The van der Waals surface area contributed by atoms with Gasteiger partial charge in [-0.1, -0.05) is 41.6 Å². The molecule has 24 heavy (non-hydrogen) atoms. The molecule has 124 valence electrons. The zero-order valence-electron chi connectivity index (χ0n) is 13.1. The Morgan fingerprint density at radius 3 is 2.83 bits per heavy atom. The lowest BCUT2D eigenvalue weighted by Gasteiger charge is -2.05. The van der Waals surface area contributed by atoms with Crippen molar-refractivity contribution >= 4 is 40.5 Å². The number of carbonyl (C=O) groups is 1. The van der Waals surface area contributed by atoms with Gasteiger partial charge in [0.2, 0.25) is 0 Å². The number of benzene rings is 1. The van der Waals surface area contributed by atoms with Crippen LogP contribution >= 0.6 is 34.7 Å². The van der Waals surface area contributed by atoms with Gasteiger partial charge in [0.25, 0.3) is 0 Å². The number of rotatable bonds is 7. The van der Waals surface area contributed by atoms with E-state index in [0.29, 0.717) is 11.4 Å². The lowest BCUT2D eigenvalue weighted by atomic mass is 10.2. The molecule has 0 saturated carbocycles. The Labute approximate surface area is 153 Å². The molecule has 0 unspecified atom stereocenters. The molecular weight excluding hydrogens is 362 g/mol. The quantitative estimate of drug-likeness (QED) is 0.332. The summed E-state index contributed by atoms with van der Waals surface area (Å²) in [5.74, 6) is 1.78. The normalized spacial score (nSPS) is 10.9. The first kappa shape index (κ1) is 17.2. The maximum atomic E-state index is 12.0. The molecule has 1 aromatic carbocycles. The third kappa shape index (κ3) is 3.88. The van der Waals surface area contributed by atoms with E-state index in [0.717, 1.165) is 33.6 Å². The van der Waals surface area contributed by atoms with Crippen molar-refractivity contribution in [1.29, 1.82) is 0 Å². The first-order valence-corrected chi connectivity index (χ1v) is 9.75. The molecule has 0 amide bonds. The smallest absolute Gasteiger partial charge is 0.191 e. The number of hydrogen-bond acceptors (Lipinski definition) is 5. The number of Topliss-reactive ketones (excluding diaryl/α,β-unsaturated/α-hetero) is 1. The third-order valence-electron chi connectivity index (χ3n) is 3.53. The van der Waals surface area contributed by atoms with Gasteiger partial charge in [0.15, 0.2) is 16.8 Å². The second-order valence-electron chi connectivity index (χ2n) is 5.20. The highest BCUT2D eigenvalue weighted by Gasteiger charge is 2.14. The van der Waals surface area contributed by atoms with Gasteiger partial charge in [0.05, 0.1) is 9.90 Å². The monoisotopic (exact) mass is 377 g/mol. The van der Waals surface area contributed by atoms with E-state index in [1.807, 2.05) is 53.4 Å². The number of thioether (sulfide) groups is 1. The number of thiophene rings is 1. The molecule has 0 bridgehead atoms. The molecule has 2 aromatic heterocycles. The highest BCUT2D eigenvalue weighted by atomic mass is 35.5. The highest BCUT2D eigenvalue weighted by molar-refractivity contribution is 7.99. The van der Waals surface area contributed by atoms with Crippen molar-refractivity contribution in [1.82, 2.24) is 14.8 Å². The predicted octanol–water partition coefficient (Wildman–Crippen LogP) is 4.95. The van der Waals surface area contributed by atoms with Crippen molar-refractivity contribution in [3.05, 3.63) is 51.7 Å². The Kier molecular flexibility index (Phi) is 5.71. The maximum Gasteiger partial charge on any atom is 0.191 e. The standard InChI is InChI=1S/C17H16ClN3OS2/c1-21-16(12-6-2-3-7-13(12)18)19-20-17(21)24-11-4-8-14(22)15-9-5-10-23-15/h2-3,5-7,9-10H,4,8,11H2,1H3. The topological polar surface area (TPSA) is 47.8 Å². The molecule has 0 aliphatic rings. The fourth-order valence-electron chi connectivity index (χ4n) is 2.27. The summed E-state index contributed by atoms with van der Waals surface area (Å²) in [6.07, 6.45) is 1.37. The fraction of sp³-hybridized carbons (Fsp3) is 0.235. The van der Waals surface area contributed by atoms with Crippen molar-refractivity contribution in [2.45, 2.75) is 18.0 Å². The van der Waals surface area contributed by atoms with Crippen molar-refractivity contribution in [3.63, 3.8) is 0 Å². The number of ketones is 1. The van der Waals surface area contributed by atoms with E-state index in [1.54, 1.807) is 11.8 Å². The van der Waals surface area contributed by atoms with Crippen molar-refractivity contribution in [3.8, 4) is 11.4 Å². The van der Waals surface area contributed by atoms with Crippen LogP contribution in [0.3, 0.4) is 0 Å². The van der Waals surface area contributed by atoms with Gasteiger partial charge in [-0.15, -0.1) is 21.5 Å². The van der Waals surface area contributed by atoms with Crippen LogP contribution in [0.4, 0.5) is 0 Å². The minimum Gasteiger partial charge on any atom is -0.305 e. The number of halogens is 1. The van der Waals surface area contributed by atoms with Gasteiger partial charge in [0.1, 0.15) is 0 Å². The summed E-state index contributed by atoms with van der Waals surface area (Å²) in [4.78, 5) is 12.8. The van der Waals surface area contributed by atoms with E-state index < -0.39 is 0 Å². The molecular formula is C17H16ClN3OS2. The number of aromatic nitrogens is 3. The van der Waals surface area contributed by atoms with Crippen molar-refractivity contribution in [2.24, 2.45) is 7.05 Å². The van der Waals surface area contributed by atoms with Gasteiger partial charge in [0, 0.05) is 24.8 Å². The molecule has 0 atom stereocenters. The first-order valence-electron chi connectivity index (χ1n) is 7.50. The van der Waals surface area contributed by atoms with Crippen LogP contribution in [0.5, 0.6) is 0 Å². The molecule has 0 fully saturated rings. The van der Waals surface area contributed by atoms with Crippen LogP contribution in [0.15, 0.2) is 46.9 Å². The summed E-state index contributed by atoms with van der Waals surface area (Å²) in [6.45, 7) is 0. The Morgan fingerprint density at radius 1 is 1.25 bits per heavy atom. The second kappa shape index (κ2) is 7.96. The van der Waals surface area contributed by atoms with Gasteiger partial charge in [-0.25, -0.2) is 0 Å².